The van der Waals surface area contributed by atoms with E-state index in [1.807, 2.05) is 30.2 Å². The molecular formula is C16H23N5OS. The Morgan fingerprint density at radius 2 is 2.17 bits per heavy atom. The van der Waals surface area contributed by atoms with Gasteiger partial charge in [0.05, 0.1) is 12.7 Å². The van der Waals surface area contributed by atoms with Crippen LogP contribution in [0, 0.1) is 6.92 Å². The van der Waals surface area contributed by atoms with Crippen molar-refractivity contribution in [2.75, 3.05) is 11.9 Å². The van der Waals surface area contributed by atoms with Gasteiger partial charge in [-0.15, -0.1) is 11.3 Å². The maximum atomic E-state index is 11.9. The number of carbonyl (C=O) groups is 1. The minimum Gasteiger partial charge on any atom is -0.336 e. The van der Waals surface area contributed by atoms with Crippen molar-refractivity contribution in [2.24, 2.45) is 0 Å². The molecule has 0 atom stereocenters. The molecule has 0 bridgehead atoms. The quantitative estimate of drug-likeness (QED) is 0.879. The number of rotatable bonds is 5. The second kappa shape index (κ2) is 7.59. The van der Waals surface area contributed by atoms with Gasteiger partial charge in [0.1, 0.15) is 0 Å². The number of hydrogen-bond acceptors (Lipinski definition) is 4. The molecule has 2 aromatic rings. The van der Waals surface area contributed by atoms with Crippen LogP contribution in [-0.4, -0.2) is 27.3 Å². The average Bonchev–Trinajstić information content (AvgIpc) is 3.17. The van der Waals surface area contributed by atoms with Gasteiger partial charge in [0.2, 0.25) is 0 Å². The molecule has 1 saturated carbocycles. The van der Waals surface area contributed by atoms with Crippen LogP contribution in [0.5, 0.6) is 0 Å². The summed E-state index contributed by atoms with van der Waals surface area (Å²) in [5, 5.41) is 10.5. The van der Waals surface area contributed by atoms with Crippen molar-refractivity contribution in [2.45, 2.75) is 51.5 Å². The maximum absolute atomic E-state index is 11.9. The van der Waals surface area contributed by atoms with Gasteiger partial charge in [-0.05, 0) is 31.2 Å². The molecule has 6 nitrogen and oxygen atoms in total. The summed E-state index contributed by atoms with van der Waals surface area (Å²) in [5.41, 5.74) is 1.12. The zero-order chi connectivity index (χ0) is 16.1. The number of thiazole rings is 1. The molecule has 7 heteroatoms. The third kappa shape index (κ3) is 4.54. The van der Waals surface area contributed by atoms with E-state index in [4.69, 9.17) is 0 Å². The first-order valence-corrected chi connectivity index (χ1v) is 9.02. The summed E-state index contributed by atoms with van der Waals surface area (Å²) in [4.78, 5) is 17.5. The Hall–Kier alpha value is -1.89. The zero-order valence-corrected chi connectivity index (χ0v) is 14.2. The second-order valence-electron chi connectivity index (χ2n) is 6.06. The van der Waals surface area contributed by atoms with Crippen LogP contribution in [0.1, 0.15) is 48.5 Å². The molecule has 124 valence electrons. The first-order valence-electron chi connectivity index (χ1n) is 8.20. The topological polar surface area (TPSA) is 71.8 Å². The minimum absolute atomic E-state index is 0.210. The predicted molar refractivity (Wildman–Crippen MR) is 91.9 cm³/mol. The summed E-state index contributed by atoms with van der Waals surface area (Å²) in [7, 11) is 0. The molecule has 2 N–H and O–H groups in total. The molecule has 1 aliphatic rings. The van der Waals surface area contributed by atoms with Crippen LogP contribution in [0.4, 0.5) is 9.93 Å². The maximum Gasteiger partial charge on any atom is 0.321 e. The third-order valence-corrected chi connectivity index (χ3v) is 5.22. The van der Waals surface area contributed by atoms with E-state index < -0.39 is 0 Å². The van der Waals surface area contributed by atoms with Crippen molar-refractivity contribution < 1.29 is 4.79 Å². The van der Waals surface area contributed by atoms with Gasteiger partial charge in [-0.25, -0.2) is 9.78 Å². The summed E-state index contributed by atoms with van der Waals surface area (Å²) >= 11 is 1.60. The highest BCUT2D eigenvalue weighted by Gasteiger charge is 2.18. The van der Waals surface area contributed by atoms with Gasteiger partial charge in [0.25, 0.3) is 0 Å². The number of nitrogens with zero attached hydrogens (tertiary/aromatic N) is 3. The lowest BCUT2D eigenvalue weighted by Crippen LogP contribution is -2.31. The Kier molecular flexibility index (Phi) is 5.27. The molecule has 0 aliphatic heterocycles. The Labute approximate surface area is 140 Å². The average molecular weight is 333 g/mol. The number of aromatic nitrogens is 3. The molecule has 3 rings (SSSR count). The molecule has 0 radical (unpaired) electrons. The summed E-state index contributed by atoms with van der Waals surface area (Å²) in [5.74, 6) is 0.628. The molecule has 0 unspecified atom stereocenters. The van der Waals surface area contributed by atoms with Crippen LogP contribution in [0.15, 0.2) is 18.6 Å². The smallest absolute Gasteiger partial charge is 0.321 e. The van der Waals surface area contributed by atoms with E-state index in [9.17, 15) is 4.79 Å². The van der Waals surface area contributed by atoms with Crippen LogP contribution in [0.2, 0.25) is 0 Å². The third-order valence-electron chi connectivity index (χ3n) is 4.14. The Morgan fingerprint density at radius 1 is 1.35 bits per heavy atom. The van der Waals surface area contributed by atoms with Crippen LogP contribution in [0.3, 0.4) is 0 Å². The lowest BCUT2D eigenvalue weighted by molar-refractivity contribution is 0.251. The van der Waals surface area contributed by atoms with Crippen molar-refractivity contribution in [1.29, 1.82) is 0 Å². The fourth-order valence-corrected chi connectivity index (χ4v) is 3.91. The summed E-state index contributed by atoms with van der Waals surface area (Å²) < 4.78 is 1.82. The van der Waals surface area contributed by atoms with Gasteiger partial charge in [0, 0.05) is 23.8 Å². The molecule has 2 aromatic heterocycles. The molecule has 1 fully saturated rings. The number of amides is 2. The highest BCUT2D eigenvalue weighted by molar-refractivity contribution is 7.15. The van der Waals surface area contributed by atoms with Gasteiger partial charge >= 0.3 is 6.03 Å². The second-order valence-corrected chi connectivity index (χ2v) is 7.13. The Bertz CT molecular complexity index is 644. The van der Waals surface area contributed by atoms with Crippen LogP contribution in [0.25, 0.3) is 0 Å². The normalized spacial score (nSPS) is 15.5. The number of aryl methyl sites for hydroxylation is 1. The Balaban J connectivity index is 1.43. The first kappa shape index (κ1) is 16.0. The van der Waals surface area contributed by atoms with Crippen molar-refractivity contribution in [1.82, 2.24) is 20.1 Å². The van der Waals surface area contributed by atoms with Crippen molar-refractivity contribution in [3.05, 3.63) is 29.0 Å². The van der Waals surface area contributed by atoms with Crippen LogP contribution in [-0.2, 0) is 6.54 Å². The van der Waals surface area contributed by atoms with E-state index in [1.54, 1.807) is 11.3 Å². The molecule has 23 heavy (non-hydrogen) atoms. The van der Waals surface area contributed by atoms with Gasteiger partial charge in [0.15, 0.2) is 5.13 Å². The van der Waals surface area contributed by atoms with E-state index in [2.05, 4.69) is 20.7 Å². The van der Waals surface area contributed by atoms with E-state index in [-0.39, 0.29) is 6.03 Å². The molecule has 1 aliphatic carbocycles. The number of urea groups is 1. The van der Waals surface area contributed by atoms with Gasteiger partial charge in [-0.1, -0.05) is 19.3 Å². The van der Waals surface area contributed by atoms with Gasteiger partial charge in [-0.3, -0.25) is 10.00 Å². The molecule has 0 aromatic carbocycles. The lowest BCUT2D eigenvalue weighted by Gasteiger charge is -2.19. The fourth-order valence-electron chi connectivity index (χ4n) is 2.93. The fraction of sp³-hybridized carbons (Fsp3) is 0.562. The van der Waals surface area contributed by atoms with E-state index in [0.717, 1.165) is 5.56 Å². The van der Waals surface area contributed by atoms with E-state index in [1.165, 1.54) is 37.0 Å². The summed E-state index contributed by atoms with van der Waals surface area (Å²) in [6, 6.07) is -0.210. The van der Waals surface area contributed by atoms with E-state index in [0.29, 0.717) is 24.1 Å². The van der Waals surface area contributed by atoms with Crippen molar-refractivity contribution in [3.8, 4) is 0 Å². The van der Waals surface area contributed by atoms with Crippen LogP contribution < -0.4 is 10.6 Å². The number of hydrogen-bond donors (Lipinski definition) is 2. The predicted octanol–water partition coefficient (Wildman–Crippen LogP) is 3.52. The van der Waals surface area contributed by atoms with E-state index >= 15 is 0 Å². The SMILES string of the molecule is Cc1cnn(CCNC(=O)Nc2ncc(C3CCCCC3)s2)c1. The molecule has 2 heterocycles. The van der Waals surface area contributed by atoms with Crippen LogP contribution >= 0.6 is 11.3 Å². The Morgan fingerprint density at radius 3 is 2.91 bits per heavy atom. The summed E-state index contributed by atoms with van der Waals surface area (Å²) in [6.07, 6.45) is 12.1. The van der Waals surface area contributed by atoms with Crippen molar-refractivity contribution in [3.63, 3.8) is 0 Å². The van der Waals surface area contributed by atoms with Crippen molar-refractivity contribution >= 4 is 22.5 Å². The highest BCUT2D eigenvalue weighted by atomic mass is 32.1. The molecule has 0 saturated heterocycles. The monoisotopic (exact) mass is 333 g/mol. The lowest BCUT2D eigenvalue weighted by atomic mass is 9.89. The molecule has 0 spiro atoms. The zero-order valence-electron chi connectivity index (χ0n) is 13.4. The molecular weight excluding hydrogens is 310 g/mol. The molecule has 2 amide bonds. The summed E-state index contributed by atoms with van der Waals surface area (Å²) in [6.45, 7) is 3.19. The number of carbonyl (C=O) groups excluding carboxylic acids is 1. The number of anilines is 1. The van der Waals surface area contributed by atoms with Gasteiger partial charge in [-0.2, -0.15) is 5.10 Å². The number of nitrogens with one attached hydrogen (secondary N) is 2. The highest BCUT2D eigenvalue weighted by Crippen LogP contribution is 2.36. The standard InChI is InChI=1S/C16H23N5OS/c1-12-9-19-21(11-12)8-7-17-15(22)20-16-18-10-14(23-16)13-5-3-2-4-6-13/h9-11,13H,2-8H2,1H3,(H2,17,18,20,22). The minimum atomic E-state index is -0.210. The largest absolute Gasteiger partial charge is 0.336 e. The first-order chi connectivity index (χ1) is 11.2. The van der Waals surface area contributed by atoms with Gasteiger partial charge < -0.3 is 5.32 Å².